The molecular formula is C16H14Cl2N2O3S. The average molecular weight is 385 g/mol. The Hall–Kier alpha value is -1.76. The molecule has 1 aliphatic rings. The van der Waals surface area contributed by atoms with E-state index in [2.05, 4.69) is 4.72 Å². The summed E-state index contributed by atoms with van der Waals surface area (Å²) in [5.41, 5.74) is 0.992. The first-order chi connectivity index (χ1) is 11.4. The second-order valence-electron chi connectivity index (χ2n) is 5.36. The Bertz CT molecular complexity index is 880. The van der Waals surface area contributed by atoms with E-state index >= 15 is 0 Å². The zero-order valence-electron chi connectivity index (χ0n) is 12.5. The smallest absolute Gasteiger partial charge is 0.264 e. The summed E-state index contributed by atoms with van der Waals surface area (Å²) < 4.78 is 27.6. The van der Waals surface area contributed by atoms with Crippen LogP contribution >= 0.6 is 23.2 Å². The maximum absolute atomic E-state index is 12.6. The van der Waals surface area contributed by atoms with Gasteiger partial charge in [0, 0.05) is 18.7 Å². The number of hydrogen-bond donors (Lipinski definition) is 1. The lowest BCUT2D eigenvalue weighted by molar-refractivity contribution is -0.117. The Morgan fingerprint density at radius 1 is 1.04 bits per heavy atom. The molecule has 24 heavy (non-hydrogen) atoms. The van der Waals surface area contributed by atoms with E-state index in [-0.39, 0.29) is 20.8 Å². The highest BCUT2D eigenvalue weighted by Crippen LogP contribution is 2.31. The van der Waals surface area contributed by atoms with Gasteiger partial charge < -0.3 is 4.90 Å². The van der Waals surface area contributed by atoms with Crippen molar-refractivity contribution in [2.45, 2.75) is 17.7 Å². The van der Waals surface area contributed by atoms with E-state index in [9.17, 15) is 13.2 Å². The van der Waals surface area contributed by atoms with Gasteiger partial charge in [0.2, 0.25) is 5.91 Å². The van der Waals surface area contributed by atoms with Crippen molar-refractivity contribution in [3.8, 4) is 0 Å². The fourth-order valence-electron chi connectivity index (χ4n) is 2.60. The Balaban J connectivity index is 1.92. The number of carbonyl (C=O) groups excluding carboxylic acids is 1. The van der Waals surface area contributed by atoms with Gasteiger partial charge in [0.1, 0.15) is 4.90 Å². The van der Waals surface area contributed by atoms with Gasteiger partial charge in [-0.3, -0.25) is 9.52 Å². The molecule has 0 saturated carbocycles. The van der Waals surface area contributed by atoms with Crippen LogP contribution in [-0.2, 0) is 14.8 Å². The van der Waals surface area contributed by atoms with E-state index in [1.54, 1.807) is 35.2 Å². The number of anilines is 2. The van der Waals surface area contributed by atoms with Crippen LogP contribution in [0.25, 0.3) is 0 Å². The Morgan fingerprint density at radius 2 is 1.71 bits per heavy atom. The molecule has 0 bridgehead atoms. The molecule has 0 aliphatic carbocycles. The highest BCUT2D eigenvalue weighted by molar-refractivity contribution is 7.93. The van der Waals surface area contributed by atoms with Gasteiger partial charge in [-0.2, -0.15) is 0 Å². The van der Waals surface area contributed by atoms with E-state index in [1.165, 1.54) is 12.1 Å². The van der Waals surface area contributed by atoms with Crippen LogP contribution in [0, 0.1) is 0 Å². The maximum Gasteiger partial charge on any atom is 0.264 e. The van der Waals surface area contributed by atoms with E-state index in [1.807, 2.05) is 0 Å². The average Bonchev–Trinajstić information content (AvgIpc) is 2.92. The summed E-state index contributed by atoms with van der Waals surface area (Å²) in [5, 5.41) is 0.0850. The lowest BCUT2D eigenvalue weighted by Gasteiger charge is -2.17. The van der Waals surface area contributed by atoms with Crippen molar-refractivity contribution in [2.75, 3.05) is 16.2 Å². The minimum atomic E-state index is -3.95. The van der Waals surface area contributed by atoms with Crippen molar-refractivity contribution in [3.63, 3.8) is 0 Å². The predicted octanol–water partition coefficient (Wildman–Crippen LogP) is 3.92. The standard InChI is InChI=1S/C16H14Cl2N2O3S/c17-13-6-2-7-14(18)16(13)24(22,23)19-11-4-1-5-12(10-11)20-9-3-8-15(20)21/h1-2,4-7,10,19H,3,8-9H2. The largest absolute Gasteiger partial charge is 0.312 e. The monoisotopic (exact) mass is 384 g/mol. The molecule has 0 atom stereocenters. The van der Waals surface area contributed by atoms with E-state index in [0.29, 0.717) is 24.3 Å². The number of hydrogen-bond acceptors (Lipinski definition) is 3. The summed E-state index contributed by atoms with van der Waals surface area (Å²) in [6.07, 6.45) is 1.30. The van der Waals surface area contributed by atoms with Gasteiger partial charge in [-0.15, -0.1) is 0 Å². The van der Waals surface area contributed by atoms with Crippen molar-refractivity contribution >= 4 is 50.5 Å². The van der Waals surface area contributed by atoms with Crippen LogP contribution in [0.15, 0.2) is 47.4 Å². The van der Waals surface area contributed by atoms with Crippen molar-refractivity contribution < 1.29 is 13.2 Å². The first-order valence-electron chi connectivity index (χ1n) is 7.26. The second kappa shape index (κ2) is 6.63. The van der Waals surface area contributed by atoms with Gasteiger partial charge in [0.15, 0.2) is 0 Å². The fraction of sp³-hybridized carbons (Fsp3) is 0.188. The third-order valence-electron chi connectivity index (χ3n) is 3.67. The molecule has 1 saturated heterocycles. The van der Waals surface area contributed by atoms with Gasteiger partial charge >= 0.3 is 0 Å². The molecule has 0 spiro atoms. The van der Waals surface area contributed by atoms with Gasteiger partial charge in [-0.1, -0.05) is 35.3 Å². The molecule has 1 heterocycles. The highest BCUT2D eigenvalue weighted by atomic mass is 35.5. The second-order valence-corrected chi connectivity index (χ2v) is 7.79. The molecule has 5 nitrogen and oxygen atoms in total. The summed E-state index contributed by atoms with van der Waals surface area (Å²) >= 11 is 12.0. The number of carbonyl (C=O) groups is 1. The molecule has 1 fully saturated rings. The molecule has 0 radical (unpaired) electrons. The Labute approximate surface area is 150 Å². The van der Waals surface area contributed by atoms with Crippen molar-refractivity contribution in [3.05, 3.63) is 52.5 Å². The quantitative estimate of drug-likeness (QED) is 0.868. The minimum Gasteiger partial charge on any atom is -0.312 e. The third-order valence-corrected chi connectivity index (χ3v) is 6.01. The molecule has 1 amide bonds. The molecule has 0 aromatic heterocycles. The Morgan fingerprint density at radius 3 is 2.33 bits per heavy atom. The Kier molecular flexibility index (Phi) is 4.71. The SMILES string of the molecule is O=C1CCCN1c1cccc(NS(=O)(=O)c2c(Cl)cccc2Cl)c1. The number of sulfonamides is 1. The summed E-state index contributed by atoms with van der Waals surface area (Å²) in [6, 6.07) is 11.2. The number of amides is 1. The lowest BCUT2D eigenvalue weighted by Crippen LogP contribution is -2.23. The number of nitrogens with zero attached hydrogens (tertiary/aromatic N) is 1. The zero-order valence-corrected chi connectivity index (χ0v) is 14.8. The molecular weight excluding hydrogens is 371 g/mol. The topological polar surface area (TPSA) is 66.5 Å². The van der Waals surface area contributed by atoms with Crippen LogP contribution in [-0.4, -0.2) is 20.9 Å². The van der Waals surface area contributed by atoms with Crippen LogP contribution in [0.3, 0.4) is 0 Å². The molecule has 2 aromatic rings. The first-order valence-corrected chi connectivity index (χ1v) is 9.50. The number of halogens is 2. The molecule has 8 heteroatoms. The molecule has 2 aromatic carbocycles. The van der Waals surface area contributed by atoms with Gasteiger partial charge in [0.05, 0.1) is 15.7 Å². The highest BCUT2D eigenvalue weighted by Gasteiger charge is 2.24. The van der Waals surface area contributed by atoms with Gasteiger partial charge in [0.25, 0.3) is 10.0 Å². The van der Waals surface area contributed by atoms with E-state index in [4.69, 9.17) is 23.2 Å². The van der Waals surface area contributed by atoms with Crippen LogP contribution in [0.4, 0.5) is 11.4 Å². The van der Waals surface area contributed by atoms with E-state index in [0.717, 1.165) is 6.42 Å². The molecule has 1 N–H and O–H groups in total. The van der Waals surface area contributed by atoms with Gasteiger partial charge in [-0.25, -0.2) is 8.42 Å². The lowest BCUT2D eigenvalue weighted by atomic mass is 10.2. The summed E-state index contributed by atoms with van der Waals surface area (Å²) in [6.45, 7) is 0.630. The van der Waals surface area contributed by atoms with Crippen molar-refractivity contribution in [2.24, 2.45) is 0 Å². The first kappa shape index (κ1) is 17.1. The van der Waals surface area contributed by atoms with Crippen LogP contribution in [0.1, 0.15) is 12.8 Å². The molecule has 3 rings (SSSR count). The fourth-order valence-corrected chi connectivity index (χ4v) is 4.80. The van der Waals surface area contributed by atoms with Crippen LogP contribution < -0.4 is 9.62 Å². The third kappa shape index (κ3) is 3.36. The van der Waals surface area contributed by atoms with Crippen LogP contribution in [0.5, 0.6) is 0 Å². The van der Waals surface area contributed by atoms with Crippen molar-refractivity contribution in [1.29, 1.82) is 0 Å². The summed E-state index contributed by atoms with van der Waals surface area (Å²) in [5.74, 6) is 0.0316. The van der Waals surface area contributed by atoms with Crippen LogP contribution in [0.2, 0.25) is 10.0 Å². The van der Waals surface area contributed by atoms with E-state index < -0.39 is 10.0 Å². The van der Waals surface area contributed by atoms with Crippen molar-refractivity contribution in [1.82, 2.24) is 0 Å². The molecule has 126 valence electrons. The summed E-state index contributed by atoms with van der Waals surface area (Å²) in [7, 11) is -3.95. The summed E-state index contributed by atoms with van der Waals surface area (Å²) in [4.78, 5) is 13.3. The number of benzene rings is 2. The molecule has 0 unspecified atom stereocenters. The normalized spacial score (nSPS) is 14.9. The maximum atomic E-state index is 12.6. The number of rotatable bonds is 4. The minimum absolute atomic E-state index is 0.0316. The molecule has 1 aliphatic heterocycles. The predicted molar refractivity (Wildman–Crippen MR) is 95.3 cm³/mol. The zero-order chi connectivity index (χ0) is 17.3. The van der Waals surface area contributed by atoms with Gasteiger partial charge in [-0.05, 0) is 36.8 Å². The number of nitrogens with one attached hydrogen (secondary N) is 1.